The van der Waals surface area contributed by atoms with Gasteiger partial charge >= 0.3 is 0 Å². The number of benzene rings is 1. The van der Waals surface area contributed by atoms with Gasteiger partial charge in [0.2, 0.25) is 0 Å². The van der Waals surface area contributed by atoms with Gasteiger partial charge in [0.25, 0.3) is 0 Å². The molecule has 0 saturated carbocycles. The number of morpholine rings is 1. The molecule has 0 bridgehead atoms. The molecule has 1 aromatic carbocycles. The standard InChI is InChI=1S/C14H22N2O/c1-12-5-3-4-6-13(12)14(15-2)11-16-7-9-17-10-8-16/h3-6,14-15H,7-11H2,1-2H3. The van der Waals surface area contributed by atoms with E-state index in [-0.39, 0.29) is 0 Å². The van der Waals surface area contributed by atoms with Gasteiger partial charge in [0.15, 0.2) is 0 Å². The first-order valence-electron chi connectivity index (χ1n) is 6.34. The summed E-state index contributed by atoms with van der Waals surface area (Å²) in [6.07, 6.45) is 0. The predicted octanol–water partition coefficient (Wildman–Crippen LogP) is 1.59. The van der Waals surface area contributed by atoms with Crippen LogP contribution in [0.4, 0.5) is 0 Å². The molecule has 0 aromatic heterocycles. The Labute approximate surface area is 104 Å². The van der Waals surface area contributed by atoms with Gasteiger partial charge in [0, 0.05) is 25.7 Å². The van der Waals surface area contributed by atoms with Crippen molar-refractivity contribution in [2.75, 3.05) is 39.9 Å². The monoisotopic (exact) mass is 234 g/mol. The summed E-state index contributed by atoms with van der Waals surface area (Å²) < 4.78 is 5.38. The average molecular weight is 234 g/mol. The summed E-state index contributed by atoms with van der Waals surface area (Å²) in [5.74, 6) is 0. The molecule has 1 saturated heterocycles. The molecule has 17 heavy (non-hydrogen) atoms. The summed E-state index contributed by atoms with van der Waals surface area (Å²) >= 11 is 0. The van der Waals surface area contributed by atoms with Crippen molar-refractivity contribution < 1.29 is 4.74 Å². The molecule has 1 heterocycles. The van der Waals surface area contributed by atoms with Crippen LogP contribution in [0.5, 0.6) is 0 Å². The van der Waals surface area contributed by atoms with E-state index >= 15 is 0 Å². The van der Waals surface area contributed by atoms with Gasteiger partial charge in [-0.3, -0.25) is 4.90 Å². The van der Waals surface area contributed by atoms with E-state index in [9.17, 15) is 0 Å². The molecular weight excluding hydrogens is 212 g/mol. The van der Waals surface area contributed by atoms with E-state index in [1.165, 1.54) is 11.1 Å². The zero-order chi connectivity index (χ0) is 12.1. The van der Waals surface area contributed by atoms with E-state index in [1.54, 1.807) is 0 Å². The van der Waals surface area contributed by atoms with Crippen molar-refractivity contribution in [3.8, 4) is 0 Å². The molecule has 2 rings (SSSR count). The predicted molar refractivity (Wildman–Crippen MR) is 70.2 cm³/mol. The van der Waals surface area contributed by atoms with Crippen LogP contribution >= 0.6 is 0 Å². The van der Waals surface area contributed by atoms with Gasteiger partial charge in [0.05, 0.1) is 13.2 Å². The molecule has 0 aliphatic carbocycles. The largest absolute Gasteiger partial charge is 0.379 e. The Balaban J connectivity index is 2.03. The summed E-state index contributed by atoms with van der Waals surface area (Å²) in [5, 5.41) is 3.42. The topological polar surface area (TPSA) is 24.5 Å². The van der Waals surface area contributed by atoms with Crippen molar-refractivity contribution in [3.05, 3.63) is 35.4 Å². The highest BCUT2D eigenvalue weighted by atomic mass is 16.5. The van der Waals surface area contributed by atoms with Gasteiger partial charge in [-0.1, -0.05) is 24.3 Å². The molecule has 0 spiro atoms. The molecule has 1 unspecified atom stereocenters. The van der Waals surface area contributed by atoms with Crippen molar-refractivity contribution in [2.45, 2.75) is 13.0 Å². The van der Waals surface area contributed by atoms with Crippen LogP contribution < -0.4 is 5.32 Å². The van der Waals surface area contributed by atoms with Gasteiger partial charge in [-0.15, -0.1) is 0 Å². The van der Waals surface area contributed by atoms with Crippen molar-refractivity contribution in [1.29, 1.82) is 0 Å². The number of nitrogens with one attached hydrogen (secondary N) is 1. The molecule has 1 N–H and O–H groups in total. The number of likely N-dealkylation sites (N-methyl/N-ethyl adjacent to an activating group) is 1. The number of aryl methyl sites for hydroxylation is 1. The number of hydrogen-bond donors (Lipinski definition) is 1. The van der Waals surface area contributed by atoms with Crippen LogP contribution in [0.3, 0.4) is 0 Å². The van der Waals surface area contributed by atoms with Crippen LogP contribution in [-0.4, -0.2) is 44.8 Å². The highest BCUT2D eigenvalue weighted by Crippen LogP contribution is 2.18. The molecule has 3 nitrogen and oxygen atoms in total. The Morgan fingerprint density at radius 2 is 2.00 bits per heavy atom. The second kappa shape index (κ2) is 6.15. The van der Waals surface area contributed by atoms with E-state index in [4.69, 9.17) is 4.74 Å². The molecule has 0 amide bonds. The minimum atomic E-state index is 0.411. The lowest BCUT2D eigenvalue weighted by Crippen LogP contribution is -2.41. The number of nitrogens with zero attached hydrogens (tertiary/aromatic N) is 1. The first-order chi connectivity index (χ1) is 8.31. The van der Waals surface area contributed by atoms with Crippen LogP contribution in [-0.2, 0) is 4.74 Å². The van der Waals surface area contributed by atoms with Crippen molar-refractivity contribution in [3.63, 3.8) is 0 Å². The van der Waals surface area contributed by atoms with Crippen molar-refractivity contribution in [1.82, 2.24) is 10.2 Å². The van der Waals surface area contributed by atoms with Crippen LogP contribution in [0.1, 0.15) is 17.2 Å². The van der Waals surface area contributed by atoms with Crippen LogP contribution in [0.15, 0.2) is 24.3 Å². The number of ether oxygens (including phenoxy) is 1. The summed E-state index contributed by atoms with van der Waals surface area (Å²) in [6.45, 7) is 7.06. The zero-order valence-corrected chi connectivity index (χ0v) is 10.8. The number of hydrogen-bond acceptors (Lipinski definition) is 3. The fraction of sp³-hybridized carbons (Fsp3) is 0.571. The molecule has 94 valence electrons. The molecule has 1 aromatic rings. The summed E-state index contributed by atoms with van der Waals surface area (Å²) in [5.41, 5.74) is 2.77. The summed E-state index contributed by atoms with van der Waals surface area (Å²) in [7, 11) is 2.04. The average Bonchev–Trinajstić information content (AvgIpc) is 2.38. The molecule has 0 radical (unpaired) electrons. The highest BCUT2D eigenvalue weighted by Gasteiger charge is 2.17. The van der Waals surface area contributed by atoms with E-state index < -0.39 is 0 Å². The third-order valence-corrected chi connectivity index (χ3v) is 3.46. The van der Waals surface area contributed by atoms with Gasteiger partial charge in [-0.05, 0) is 25.1 Å². The Morgan fingerprint density at radius 1 is 1.29 bits per heavy atom. The minimum Gasteiger partial charge on any atom is -0.379 e. The molecule has 1 fully saturated rings. The van der Waals surface area contributed by atoms with Gasteiger partial charge in [0.1, 0.15) is 0 Å². The van der Waals surface area contributed by atoms with Crippen LogP contribution in [0.25, 0.3) is 0 Å². The first kappa shape index (κ1) is 12.6. The maximum atomic E-state index is 5.38. The molecule has 1 aliphatic heterocycles. The third-order valence-electron chi connectivity index (χ3n) is 3.46. The molecule has 1 aliphatic rings. The summed E-state index contributed by atoms with van der Waals surface area (Å²) in [4.78, 5) is 2.47. The van der Waals surface area contributed by atoms with Crippen molar-refractivity contribution in [2.24, 2.45) is 0 Å². The smallest absolute Gasteiger partial charge is 0.0594 e. The van der Waals surface area contributed by atoms with E-state index in [1.807, 2.05) is 7.05 Å². The number of rotatable bonds is 4. The Bertz CT molecular complexity index is 348. The lowest BCUT2D eigenvalue weighted by molar-refractivity contribution is 0.0338. The maximum Gasteiger partial charge on any atom is 0.0594 e. The maximum absolute atomic E-state index is 5.38. The third kappa shape index (κ3) is 3.28. The molecule has 1 atom stereocenters. The van der Waals surface area contributed by atoms with Gasteiger partial charge in [-0.25, -0.2) is 0 Å². The second-order valence-corrected chi connectivity index (χ2v) is 4.61. The normalized spacial score (nSPS) is 19.2. The Kier molecular flexibility index (Phi) is 4.54. The van der Waals surface area contributed by atoms with Gasteiger partial charge < -0.3 is 10.1 Å². The lowest BCUT2D eigenvalue weighted by Gasteiger charge is -2.31. The lowest BCUT2D eigenvalue weighted by atomic mass is 10.0. The molecular formula is C14H22N2O. The van der Waals surface area contributed by atoms with E-state index in [0.29, 0.717) is 6.04 Å². The van der Waals surface area contributed by atoms with E-state index in [0.717, 1.165) is 32.8 Å². The fourth-order valence-electron chi connectivity index (χ4n) is 2.36. The highest BCUT2D eigenvalue weighted by molar-refractivity contribution is 5.28. The first-order valence-corrected chi connectivity index (χ1v) is 6.34. The van der Waals surface area contributed by atoms with Crippen LogP contribution in [0.2, 0.25) is 0 Å². The van der Waals surface area contributed by atoms with Crippen molar-refractivity contribution >= 4 is 0 Å². The zero-order valence-electron chi connectivity index (χ0n) is 10.8. The van der Waals surface area contributed by atoms with Gasteiger partial charge in [-0.2, -0.15) is 0 Å². The minimum absolute atomic E-state index is 0.411. The quantitative estimate of drug-likeness (QED) is 0.856. The SMILES string of the molecule is CNC(CN1CCOCC1)c1ccccc1C. The van der Waals surface area contributed by atoms with Crippen LogP contribution in [0, 0.1) is 6.92 Å². The van der Waals surface area contributed by atoms with E-state index in [2.05, 4.69) is 41.4 Å². The Morgan fingerprint density at radius 3 is 2.65 bits per heavy atom. The Hall–Kier alpha value is -0.900. The summed E-state index contributed by atoms with van der Waals surface area (Å²) in [6, 6.07) is 9.02. The molecule has 3 heteroatoms. The fourth-order valence-corrected chi connectivity index (χ4v) is 2.36. The second-order valence-electron chi connectivity index (χ2n) is 4.61.